The van der Waals surface area contributed by atoms with Crippen molar-refractivity contribution in [2.75, 3.05) is 0 Å². The second-order valence-electron chi connectivity index (χ2n) is 4.29. The van der Waals surface area contributed by atoms with Crippen LogP contribution in [0.1, 0.15) is 13.8 Å². The fraction of sp³-hybridized carbons (Fsp3) is 0.600. The quantitative estimate of drug-likeness (QED) is 0.474. The molecule has 1 saturated heterocycles. The first-order valence-corrected chi connectivity index (χ1v) is 5.50. The number of hydrogen-bond donors (Lipinski definition) is 3. The van der Waals surface area contributed by atoms with Crippen molar-refractivity contribution in [3.63, 3.8) is 0 Å². The van der Waals surface area contributed by atoms with Gasteiger partial charge < -0.3 is 15.1 Å². The molecule has 16 heavy (non-hydrogen) atoms. The summed E-state index contributed by atoms with van der Waals surface area (Å²) in [5, 5.41) is 18.5. The Kier molecular flexibility index (Phi) is 2.51. The van der Waals surface area contributed by atoms with Gasteiger partial charge in [0.1, 0.15) is 5.70 Å². The van der Waals surface area contributed by atoms with Gasteiger partial charge in [0.15, 0.2) is 0 Å². The second-order valence-corrected chi connectivity index (χ2v) is 4.77. The number of carbonyl (C=O) groups is 2. The van der Waals surface area contributed by atoms with E-state index in [-0.39, 0.29) is 23.6 Å². The van der Waals surface area contributed by atoms with Crippen molar-refractivity contribution in [2.24, 2.45) is 11.8 Å². The molecule has 5 nitrogen and oxygen atoms in total. The van der Waals surface area contributed by atoms with Crippen LogP contribution < -0.4 is 0 Å². The number of amides is 1. The summed E-state index contributed by atoms with van der Waals surface area (Å²) in [5.41, 5.74) is -0.0391. The first-order chi connectivity index (χ1) is 7.37. The lowest BCUT2D eigenvalue weighted by Gasteiger charge is -2.46. The van der Waals surface area contributed by atoms with Gasteiger partial charge in [-0.1, -0.05) is 6.92 Å². The predicted octanol–water partition coefficient (Wildman–Crippen LogP) is 0.0699. The SMILES string of the molecule is C[C@H]1C(S)=C(C(=O)O)N2C(=O)[C@H]([C@@H](C)O)C12. The van der Waals surface area contributed by atoms with Gasteiger partial charge in [0.2, 0.25) is 5.91 Å². The molecule has 2 aliphatic heterocycles. The fourth-order valence-corrected chi connectivity index (χ4v) is 2.89. The highest BCUT2D eigenvalue weighted by molar-refractivity contribution is 7.84. The maximum absolute atomic E-state index is 11.7. The third-order valence-electron chi connectivity index (χ3n) is 3.34. The van der Waals surface area contributed by atoms with Crippen LogP contribution in [0, 0.1) is 11.8 Å². The molecule has 6 heteroatoms. The van der Waals surface area contributed by atoms with Crippen LogP contribution in [0.3, 0.4) is 0 Å². The number of carbonyl (C=O) groups excluding carboxylic acids is 1. The third kappa shape index (κ3) is 1.23. The van der Waals surface area contributed by atoms with Crippen LogP contribution in [-0.4, -0.2) is 39.1 Å². The minimum Gasteiger partial charge on any atom is -0.477 e. The van der Waals surface area contributed by atoms with Gasteiger partial charge in [-0.15, -0.1) is 12.6 Å². The zero-order chi connectivity index (χ0) is 12.2. The highest BCUT2D eigenvalue weighted by atomic mass is 32.1. The Labute approximate surface area is 98.1 Å². The molecule has 2 N–H and O–H groups in total. The molecule has 0 saturated carbocycles. The van der Waals surface area contributed by atoms with Gasteiger partial charge in [0.05, 0.1) is 18.1 Å². The zero-order valence-electron chi connectivity index (χ0n) is 8.91. The summed E-state index contributed by atoms with van der Waals surface area (Å²) in [6.07, 6.45) is -0.759. The van der Waals surface area contributed by atoms with Crippen LogP contribution in [0.5, 0.6) is 0 Å². The monoisotopic (exact) mass is 243 g/mol. The summed E-state index contributed by atoms with van der Waals surface area (Å²) in [4.78, 5) is 24.4. The van der Waals surface area contributed by atoms with E-state index in [1.807, 2.05) is 6.92 Å². The Morgan fingerprint density at radius 1 is 1.56 bits per heavy atom. The topological polar surface area (TPSA) is 77.8 Å². The average molecular weight is 243 g/mol. The van der Waals surface area contributed by atoms with Crippen molar-refractivity contribution >= 4 is 24.5 Å². The number of aliphatic hydroxyl groups is 1. The summed E-state index contributed by atoms with van der Waals surface area (Å²) in [5.74, 6) is -2.11. The van der Waals surface area contributed by atoms with Gasteiger partial charge in [-0.3, -0.25) is 4.79 Å². The average Bonchev–Trinajstić information content (AvgIpc) is 2.38. The van der Waals surface area contributed by atoms with E-state index in [0.717, 1.165) is 0 Å². The first-order valence-electron chi connectivity index (χ1n) is 5.05. The highest BCUT2D eigenvalue weighted by Crippen LogP contribution is 2.47. The summed E-state index contributed by atoms with van der Waals surface area (Å²) < 4.78 is 0. The van der Waals surface area contributed by atoms with E-state index in [2.05, 4.69) is 12.6 Å². The van der Waals surface area contributed by atoms with Gasteiger partial charge >= 0.3 is 5.97 Å². The summed E-state index contributed by atoms with van der Waals surface area (Å²) in [6, 6.07) is -0.258. The summed E-state index contributed by atoms with van der Waals surface area (Å²) in [7, 11) is 0. The molecule has 0 aromatic carbocycles. The zero-order valence-corrected chi connectivity index (χ0v) is 9.81. The normalized spacial score (nSPS) is 34.9. The molecule has 0 radical (unpaired) electrons. The standard InChI is InChI=1S/C10H13NO4S/c1-3-6-5(4(2)12)9(13)11(6)7(8(3)16)10(14)15/h3-6,12,16H,1-2H3,(H,14,15)/t3-,4-,5-,6?/m1/s1. The molecule has 1 fully saturated rings. The Balaban J connectivity index is 2.36. The molecule has 88 valence electrons. The Morgan fingerprint density at radius 2 is 2.12 bits per heavy atom. The van der Waals surface area contributed by atoms with E-state index < -0.39 is 18.0 Å². The van der Waals surface area contributed by atoms with Crippen molar-refractivity contribution in [1.82, 2.24) is 4.90 Å². The van der Waals surface area contributed by atoms with E-state index in [4.69, 9.17) is 5.11 Å². The Bertz CT molecular complexity index is 404. The molecule has 2 aliphatic rings. The lowest BCUT2D eigenvalue weighted by molar-refractivity contribution is -0.163. The van der Waals surface area contributed by atoms with E-state index in [1.54, 1.807) is 6.92 Å². The van der Waals surface area contributed by atoms with Crippen LogP contribution in [0.25, 0.3) is 0 Å². The van der Waals surface area contributed by atoms with Gasteiger partial charge in [-0.05, 0) is 6.92 Å². The number of hydrogen-bond acceptors (Lipinski definition) is 4. The molecule has 2 heterocycles. The largest absolute Gasteiger partial charge is 0.477 e. The number of aliphatic carboxylic acids is 1. The lowest BCUT2D eigenvalue weighted by Crippen LogP contribution is -2.63. The number of carboxylic acid groups (broad SMARTS) is 1. The Morgan fingerprint density at radius 3 is 2.56 bits per heavy atom. The Hall–Kier alpha value is -1.01. The van der Waals surface area contributed by atoms with Crippen molar-refractivity contribution in [2.45, 2.75) is 26.0 Å². The van der Waals surface area contributed by atoms with Gasteiger partial charge in [-0.25, -0.2) is 4.79 Å². The smallest absolute Gasteiger partial charge is 0.353 e. The number of thiol groups is 1. The van der Waals surface area contributed by atoms with E-state index in [9.17, 15) is 14.7 Å². The minimum atomic E-state index is -1.14. The molecule has 0 aromatic rings. The third-order valence-corrected chi connectivity index (χ3v) is 3.96. The highest BCUT2D eigenvalue weighted by Gasteiger charge is 2.59. The van der Waals surface area contributed by atoms with Crippen molar-refractivity contribution in [3.8, 4) is 0 Å². The maximum atomic E-state index is 11.7. The molecular weight excluding hydrogens is 230 g/mol. The van der Waals surface area contributed by atoms with E-state index in [0.29, 0.717) is 4.91 Å². The second kappa shape index (κ2) is 3.49. The van der Waals surface area contributed by atoms with E-state index >= 15 is 0 Å². The van der Waals surface area contributed by atoms with Crippen LogP contribution in [0.4, 0.5) is 0 Å². The van der Waals surface area contributed by atoms with Crippen LogP contribution in [0.2, 0.25) is 0 Å². The molecule has 0 bridgehead atoms. The molecule has 0 spiro atoms. The number of rotatable bonds is 2. The predicted molar refractivity (Wildman–Crippen MR) is 58.6 cm³/mol. The number of aliphatic hydroxyl groups excluding tert-OH is 1. The molecule has 1 unspecified atom stereocenters. The van der Waals surface area contributed by atoms with Gasteiger partial charge in [0, 0.05) is 10.8 Å². The molecule has 0 aliphatic carbocycles. The first kappa shape index (κ1) is 11.5. The lowest BCUT2D eigenvalue weighted by atomic mass is 9.79. The fourth-order valence-electron chi connectivity index (χ4n) is 2.53. The molecule has 1 amide bonds. The number of nitrogens with zero attached hydrogens (tertiary/aromatic N) is 1. The van der Waals surface area contributed by atoms with Crippen molar-refractivity contribution in [3.05, 3.63) is 10.6 Å². The van der Waals surface area contributed by atoms with Crippen LogP contribution >= 0.6 is 12.6 Å². The minimum absolute atomic E-state index is 0.0391. The summed E-state index contributed by atoms with van der Waals surface area (Å²) in [6.45, 7) is 3.36. The molecule has 2 rings (SSSR count). The van der Waals surface area contributed by atoms with Crippen molar-refractivity contribution in [1.29, 1.82) is 0 Å². The molecule has 0 aromatic heterocycles. The van der Waals surface area contributed by atoms with Gasteiger partial charge in [-0.2, -0.15) is 0 Å². The van der Waals surface area contributed by atoms with Crippen LogP contribution in [0.15, 0.2) is 10.6 Å². The maximum Gasteiger partial charge on any atom is 0.353 e. The number of β-lactam (4-membered cyclic amide) rings is 1. The summed E-state index contributed by atoms with van der Waals surface area (Å²) >= 11 is 4.15. The van der Waals surface area contributed by atoms with Crippen molar-refractivity contribution < 1.29 is 19.8 Å². The number of fused-ring (bicyclic) bond motifs is 1. The van der Waals surface area contributed by atoms with E-state index in [1.165, 1.54) is 4.90 Å². The molecule has 4 atom stereocenters. The molecular formula is C10H13NO4S. The van der Waals surface area contributed by atoms with Gasteiger partial charge in [0.25, 0.3) is 0 Å². The number of carboxylic acids is 1. The van der Waals surface area contributed by atoms with Crippen LogP contribution in [-0.2, 0) is 9.59 Å².